The van der Waals surface area contributed by atoms with E-state index in [1.54, 1.807) is 19.1 Å². The second kappa shape index (κ2) is 12.3. The number of rotatable bonds is 7. The monoisotopic (exact) mass is 624 g/mol. The first-order chi connectivity index (χ1) is 21.9. The number of esters is 1. The molecule has 2 aromatic heterocycles. The average Bonchev–Trinajstić information content (AvgIpc) is 3.45. The number of aryl methyl sites for hydroxylation is 1. The van der Waals surface area contributed by atoms with Gasteiger partial charge in [0.25, 0.3) is 0 Å². The summed E-state index contributed by atoms with van der Waals surface area (Å²) in [6.45, 7) is 11.9. The highest BCUT2D eigenvalue weighted by molar-refractivity contribution is 5.90. The molecule has 0 aliphatic carbocycles. The summed E-state index contributed by atoms with van der Waals surface area (Å²) in [7, 11) is 0. The van der Waals surface area contributed by atoms with Crippen molar-refractivity contribution in [2.75, 3.05) is 13.2 Å². The van der Waals surface area contributed by atoms with E-state index in [-0.39, 0.29) is 18.2 Å². The lowest BCUT2D eigenvalue weighted by molar-refractivity contribution is -0.166. The van der Waals surface area contributed by atoms with Gasteiger partial charge >= 0.3 is 5.97 Å². The summed E-state index contributed by atoms with van der Waals surface area (Å²) in [4.78, 5) is 18.7. The Labute approximate surface area is 268 Å². The predicted molar refractivity (Wildman–Crippen MR) is 175 cm³/mol. The number of carbonyl (C=O) groups is 1. The maximum atomic E-state index is 15.8. The molecule has 1 aliphatic heterocycles. The topological polar surface area (TPSA) is 62.1 Å². The van der Waals surface area contributed by atoms with E-state index in [4.69, 9.17) is 19.2 Å². The van der Waals surface area contributed by atoms with E-state index in [1.165, 1.54) is 18.2 Å². The fourth-order valence-electron chi connectivity index (χ4n) is 6.23. The molecule has 1 atom stereocenters. The molecule has 0 saturated carbocycles. The minimum absolute atomic E-state index is 0.182. The van der Waals surface area contributed by atoms with E-state index in [1.807, 2.05) is 75.7 Å². The second-order valence-corrected chi connectivity index (χ2v) is 12.7. The van der Waals surface area contributed by atoms with Crippen molar-refractivity contribution in [1.29, 1.82) is 0 Å². The summed E-state index contributed by atoms with van der Waals surface area (Å²) < 4.78 is 49.0. The van der Waals surface area contributed by atoms with Crippen molar-refractivity contribution in [3.05, 3.63) is 101 Å². The third kappa shape index (κ3) is 6.01. The van der Waals surface area contributed by atoms with Crippen LogP contribution in [0.4, 0.5) is 8.78 Å². The molecule has 0 spiro atoms. The van der Waals surface area contributed by atoms with Gasteiger partial charge in [0.1, 0.15) is 11.5 Å². The molecule has 3 heterocycles. The van der Waals surface area contributed by atoms with Crippen molar-refractivity contribution in [3.63, 3.8) is 0 Å². The smallest absolute Gasteiger partial charge is 0.339 e. The van der Waals surface area contributed by atoms with E-state index in [0.717, 1.165) is 39.8 Å². The number of ether oxygens (including phenoxy) is 3. The molecule has 5 aromatic rings. The summed E-state index contributed by atoms with van der Waals surface area (Å²) in [5.74, 6) is -0.989. The number of halogens is 2. The highest BCUT2D eigenvalue weighted by atomic mass is 19.1. The number of imidazole rings is 1. The minimum Gasteiger partial charge on any atom is -0.490 e. The zero-order chi connectivity index (χ0) is 32.7. The normalized spacial score (nSPS) is 13.7. The van der Waals surface area contributed by atoms with Gasteiger partial charge in [-0.2, -0.15) is 0 Å². The molecular weight excluding hydrogens is 586 g/mol. The number of benzene rings is 3. The van der Waals surface area contributed by atoms with Crippen LogP contribution in [0.3, 0.4) is 0 Å². The van der Waals surface area contributed by atoms with Gasteiger partial charge in [-0.25, -0.2) is 18.6 Å². The van der Waals surface area contributed by atoms with E-state index >= 15 is 4.39 Å². The standard InChI is InChI=1S/C38H38F2N2O4/c1-7-44-37(43)35(46-38(4,5)6)32-22(2)20-42-21-31(26-11-8-10-25(18-26)24-13-15-27(39)16-14-24)41-36(42)33(32)29-19-30(40)34-28(23(29)3)12-9-17-45-34/h8,10-11,13-16,18-21,35H,7,9,12,17H2,1-6H3/t35-/m0/s1. The van der Waals surface area contributed by atoms with Gasteiger partial charge in [-0.15, -0.1) is 0 Å². The van der Waals surface area contributed by atoms with Crippen LogP contribution in [0.25, 0.3) is 39.2 Å². The third-order valence-corrected chi connectivity index (χ3v) is 8.26. The van der Waals surface area contributed by atoms with Crippen molar-refractivity contribution < 1.29 is 27.8 Å². The van der Waals surface area contributed by atoms with E-state index in [9.17, 15) is 9.18 Å². The predicted octanol–water partition coefficient (Wildman–Crippen LogP) is 8.97. The van der Waals surface area contributed by atoms with Crippen LogP contribution < -0.4 is 4.74 Å². The summed E-state index contributed by atoms with van der Waals surface area (Å²) in [6.07, 6.45) is 4.22. The zero-order valence-corrected chi connectivity index (χ0v) is 27.0. The highest BCUT2D eigenvalue weighted by Gasteiger charge is 2.35. The Morgan fingerprint density at radius 2 is 1.76 bits per heavy atom. The molecule has 1 aliphatic rings. The first kappa shape index (κ1) is 31.4. The Hall–Kier alpha value is -4.56. The van der Waals surface area contributed by atoms with E-state index in [2.05, 4.69) is 0 Å². The number of fused-ring (bicyclic) bond motifs is 2. The first-order valence-corrected chi connectivity index (χ1v) is 15.6. The average molecular weight is 625 g/mol. The second-order valence-electron chi connectivity index (χ2n) is 12.7. The van der Waals surface area contributed by atoms with Crippen LogP contribution in [0.15, 0.2) is 67.0 Å². The van der Waals surface area contributed by atoms with Gasteiger partial charge < -0.3 is 18.6 Å². The number of carbonyl (C=O) groups excluding carboxylic acids is 1. The summed E-state index contributed by atoms with van der Waals surface area (Å²) >= 11 is 0. The van der Waals surface area contributed by atoms with Crippen LogP contribution in [-0.2, 0) is 20.7 Å². The molecule has 3 aromatic carbocycles. The van der Waals surface area contributed by atoms with Gasteiger partial charge in [0, 0.05) is 34.6 Å². The molecule has 6 nitrogen and oxygen atoms in total. The summed E-state index contributed by atoms with van der Waals surface area (Å²) in [5, 5.41) is 0. The number of aromatic nitrogens is 2. The third-order valence-electron chi connectivity index (χ3n) is 8.26. The molecular formula is C38H38F2N2O4. The van der Waals surface area contributed by atoms with Crippen molar-refractivity contribution in [3.8, 4) is 39.3 Å². The largest absolute Gasteiger partial charge is 0.490 e. The van der Waals surface area contributed by atoms with Crippen molar-refractivity contribution in [1.82, 2.24) is 9.38 Å². The fraction of sp³-hybridized carbons (Fsp3) is 0.316. The Balaban J connectivity index is 1.62. The Morgan fingerprint density at radius 3 is 2.48 bits per heavy atom. The molecule has 8 heteroatoms. The van der Waals surface area contributed by atoms with Crippen LogP contribution in [0.1, 0.15) is 62.5 Å². The van der Waals surface area contributed by atoms with Crippen molar-refractivity contribution >= 4 is 11.6 Å². The summed E-state index contributed by atoms with van der Waals surface area (Å²) in [5.41, 5.74) is 7.44. The van der Waals surface area contributed by atoms with Gasteiger partial charge in [-0.05, 0) is 106 Å². The number of hydrogen-bond acceptors (Lipinski definition) is 5. The van der Waals surface area contributed by atoms with Gasteiger partial charge in [-0.1, -0.05) is 30.3 Å². The van der Waals surface area contributed by atoms with Crippen LogP contribution in [-0.4, -0.2) is 34.2 Å². The van der Waals surface area contributed by atoms with Crippen LogP contribution in [0.5, 0.6) is 5.75 Å². The minimum atomic E-state index is -1.09. The Kier molecular flexibility index (Phi) is 8.42. The quantitative estimate of drug-likeness (QED) is 0.169. The lowest BCUT2D eigenvalue weighted by Gasteiger charge is -2.30. The molecule has 0 fully saturated rings. The van der Waals surface area contributed by atoms with Gasteiger partial charge in [-0.3, -0.25) is 0 Å². The molecule has 0 radical (unpaired) electrons. The van der Waals surface area contributed by atoms with Gasteiger partial charge in [0.05, 0.1) is 24.5 Å². The molecule has 0 bridgehead atoms. The maximum Gasteiger partial charge on any atom is 0.339 e. The lowest BCUT2D eigenvalue weighted by atomic mass is 9.87. The SMILES string of the molecule is CCOC(=O)[C@@H](OC(C)(C)C)c1c(C)cn2cc(-c3cccc(-c4ccc(F)cc4)c3)nc2c1-c1cc(F)c2c(c1C)CCCO2. The molecule has 0 N–H and O–H groups in total. The van der Waals surface area contributed by atoms with Gasteiger partial charge in [0.15, 0.2) is 17.7 Å². The number of pyridine rings is 1. The van der Waals surface area contributed by atoms with E-state index < -0.39 is 23.5 Å². The lowest BCUT2D eigenvalue weighted by Crippen LogP contribution is -2.30. The number of nitrogens with zero attached hydrogens (tertiary/aromatic N) is 2. The van der Waals surface area contributed by atoms with Gasteiger partial charge in [0.2, 0.25) is 0 Å². The van der Waals surface area contributed by atoms with E-state index in [0.29, 0.717) is 41.1 Å². The fourth-order valence-corrected chi connectivity index (χ4v) is 6.23. The highest BCUT2D eigenvalue weighted by Crippen LogP contribution is 2.44. The Bertz CT molecular complexity index is 1940. The zero-order valence-electron chi connectivity index (χ0n) is 27.0. The number of hydrogen-bond donors (Lipinski definition) is 0. The molecule has 0 amide bonds. The maximum absolute atomic E-state index is 15.8. The summed E-state index contributed by atoms with van der Waals surface area (Å²) in [6, 6.07) is 15.7. The molecule has 0 unspecified atom stereocenters. The molecule has 0 saturated heterocycles. The molecule has 46 heavy (non-hydrogen) atoms. The molecule has 6 rings (SSSR count). The van der Waals surface area contributed by atoms with Crippen LogP contribution in [0, 0.1) is 25.5 Å². The van der Waals surface area contributed by atoms with Crippen molar-refractivity contribution in [2.24, 2.45) is 0 Å². The van der Waals surface area contributed by atoms with Crippen LogP contribution in [0.2, 0.25) is 0 Å². The first-order valence-electron chi connectivity index (χ1n) is 15.6. The van der Waals surface area contributed by atoms with Crippen LogP contribution >= 0.6 is 0 Å². The molecule has 238 valence electrons. The Morgan fingerprint density at radius 1 is 1.02 bits per heavy atom. The van der Waals surface area contributed by atoms with Crippen molar-refractivity contribution in [2.45, 2.75) is 66.1 Å².